The highest BCUT2D eigenvalue weighted by atomic mass is 16.4. The van der Waals surface area contributed by atoms with E-state index in [0.29, 0.717) is 17.5 Å². The van der Waals surface area contributed by atoms with Crippen molar-refractivity contribution in [1.29, 1.82) is 0 Å². The van der Waals surface area contributed by atoms with Crippen LogP contribution in [-0.4, -0.2) is 42.7 Å². The molecule has 0 aromatic carbocycles. The van der Waals surface area contributed by atoms with Crippen LogP contribution in [0.25, 0.3) is 0 Å². The molecule has 0 spiro atoms. The lowest BCUT2D eigenvalue weighted by molar-refractivity contribution is 0.0660. The van der Waals surface area contributed by atoms with E-state index in [0.717, 1.165) is 19.6 Å². The van der Waals surface area contributed by atoms with Crippen molar-refractivity contribution in [1.82, 2.24) is 10.2 Å². The third-order valence-corrected chi connectivity index (χ3v) is 4.00. The molecule has 2 N–H and O–H groups in total. The van der Waals surface area contributed by atoms with Crippen molar-refractivity contribution < 1.29 is 14.3 Å². The number of furan rings is 1. The molecule has 1 aliphatic rings. The van der Waals surface area contributed by atoms with Gasteiger partial charge in [-0.25, -0.2) is 4.79 Å². The van der Waals surface area contributed by atoms with Crippen molar-refractivity contribution in [2.45, 2.75) is 26.3 Å². The summed E-state index contributed by atoms with van der Waals surface area (Å²) in [7, 11) is 2.15. The average Bonchev–Trinajstić information content (AvgIpc) is 2.82. The van der Waals surface area contributed by atoms with Gasteiger partial charge in [-0.1, -0.05) is 6.92 Å². The van der Waals surface area contributed by atoms with Gasteiger partial charge in [-0.15, -0.1) is 0 Å². The van der Waals surface area contributed by atoms with Crippen LogP contribution in [0.5, 0.6) is 0 Å². The van der Waals surface area contributed by atoms with Gasteiger partial charge in [0, 0.05) is 18.7 Å². The Morgan fingerprint density at radius 3 is 2.84 bits per heavy atom. The van der Waals surface area contributed by atoms with Crippen LogP contribution in [0, 0.1) is 5.41 Å². The van der Waals surface area contributed by atoms with Crippen LogP contribution >= 0.6 is 0 Å². The molecule has 0 unspecified atom stereocenters. The van der Waals surface area contributed by atoms with Crippen molar-refractivity contribution >= 4 is 5.97 Å². The zero-order valence-electron chi connectivity index (χ0n) is 11.6. The summed E-state index contributed by atoms with van der Waals surface area (Å²) in [5.74, 6) is -0.965. The molecule has 1 fully saturated rings. The summed E-state index contributed by atoms with van der Waals surface area (Å²) in [5, 5.41) is 12.3. The maximum Gasteiger partial charge on any atom is 0.372 e. The van der Waals surface area contributed by atoms with Crippen molar-refractivity contribution in [3.8, 4) is 0 Å². The lowest BCUT2D eigenvalue weighted by Crippen LogP contribution is -2.41. The number of carboxylic acid groups (broad SMARTS) is 1. The number of hydrogen-bond acceptors (Lipinski definition) is 4. The Balaban J connectivity index is 1.83. The third kappa shape index (κ3) is 3.58. The van der Waals surface area contributed by atoms with Crippen molar-refractivity contribution in [2.75, 3.05) is 26.7 Å². The zero-order valence-corrected chi connectivity index (χ0v) is 11.6. The minimum atomic E-state index is -1.01. The zero-order chi connectivity index (χ0) is 13.9. The largest absolute Gasteiger partial charge is 0.475 e. The standard InChI is InChI=1S/C14H22N2O3/c1-14(4-6-16(2)7-5-14)10-15-9-11-3-8-19-12(11)13(17)18/h3,8,15H,4-7,9-10H2,1-2H3,(H,17,18). The van der Waals surface area contributed by atoms with E-state index < -0.39 is 5.97 Å². The highest BCUT2D eigenvalue weighted by Gasteiger charge is 2.28. The number of carboxylic acids is 1. The second kappa shape index (κ2) is 5.75. The number of likely N-dealkylation sites (tertiary alicyclic amines) is 1. The lowest BCUT2D eigenvalue weighted by Gasteiger charge is -2.38. The van der Waals surface area contributed by atoms with Gasteiger partial charge in [-0.2, -0.15) is 0 Å². The molecule has 5 nitrogen and oxygen atoms in total. The maximum absolute atomic E-state index is 10.9. The third-order valence-electron chi connectivity index (χ3n) is 4.00. The Morgan fingerprint density at radius 2 is 2.21 bits per heavy atom. The molecule has 106 valence electrons. The topological polar surface area (TPSA) is 65.7 Å². The van der Waals surface area contributed by atoms with Gasteiger partial charge in [0.05, 0.1) is 6.26 Å². The summed E-state index contributed by atoms with van der Waals surface area (Å²) < 4.78 is 4.96. The number of rotatable bonds is 5. The highest BCUT2D eigenvalue weighted by molar-refractivity contribution is 5.86. The first-order valence-corrected chi connectivity index (χ1v) is 6.69. The fourth-order valence-electron chi connectivity index (χ4n) is 2.50. The minimum Gasteiger partial charge on any atom is -0.475 e. The van der Waals surface area contributed by atoms with Gasteiger partial charge in [0.15, 0.2) is 0 Å². The number of piperidine rings is 1. The van der Waals surface area contributed by atoms with Gasteiger partial charge >= 0.3 is 5.97 Å². The van der Waals surface area contributed by atoms with Crippen LogP contribution in [-0.2, 0) is 6.54 Å². The molecule has 1 aliphatic heterocycles. The van der Waals surface area contributed by atoms with Crippen LogP contribution in [0.1, 0.15) is 35.9 Å². The number of hydrogen-bond donors (Lipinski definition) is 2. The second-order valence-corrected chi connectivity index (χ2v) is 5.80. The first kappa shape index (κ1) is 14.1. The van der Waals surface area contributed by atoms with Crippen molar-refractivity contribution in [3.05, 3.63) is 23.7 Å². The smallest absolute Gasteiger partial charge is 0.372 e. The van der Waals surface area contributed by atoms with Gasteiger partial charge in [-0.3, -0.25) is 0 Å². The van der Waals surface area contributed by atoms with Gasteiger partial charge in [0.2, 0.25) is 5.76 Å². The molecule has 19 heavy (non-hydrogen) atoms. The quantitative estimate of drug-likeness (QED) is 0.850. The lowest BCUT2D eigenvalue weighted by atomic mass is 9.80. The van der Waals surface area contributed by atoms with Gasteiger partial charge in [-0.05, 0) is 44.5 Å². The molecule has 2 heterocycles. The summed E-state index contributed by atoms with van der Waals surface area (Å²) in [6.07, 6.45) is 3.78. The van der Waals surface area contributed by atoms with E-state index in [1.807, 2.05) is 0 Å². The molecule has 1 aromatic heterocycles. The molecule has 0 saturated carbocycles. The van der Waals surface area contributed by atoms with Crippen LogP contribution < -0.4 is 5.32 Å². The molecule has 0 bridgehead atoms. The van der Waals surface area contributed by atoms with Crippen molar-refractivity contribution in [2.24, 2.45) is 5.41 Å². The fourth-order valence-corrected chi connectivity index (χ4v) is 2.50. The molecule has 2 rings (SSSR count). The van der Waals surface area contributed by atoms with Crippen LogP contribution in [0.15, 0.2) is 16.7 Å². The van der Waals surface area contributed by atoms with E-state index in [2.05, 4.69) is 24.2 Å². The van der Waals surface area contributed by atoms with E-state index in [4.69, 9.17) is 9.52 Å². The SMILES string of the molecule is CN1CCC(C)(CNCc2ccoc2C(=O)O)CC1. The highest BCUT2D eigenvalue weighted by Crippen LogP contribution is 2.29. The predicted octanol–water partition coefficient (Wildman–Crippen LogP) is 1.80. The van der Waals surface area contributed by atoms with Gasteiger partial charge in [0.1, 0.15) is 0 Å². The Hall–Kier alpha value is -1.33. The Labute approximate surface area is 113 Å². The number of aromatic carboxylic acids is 1. The number of carbonyl (C=O) groups is 1. The second-order valence-electron chi connectivity index (χ2n) is 5.80. The van der Waals surface area contributed by atoms with E-state index in [1.165, 1.54) is 19.1 Å². The van der Waals surface area contributed by atoms with E-state index >= 15 is 0 Å². The summed E-state index contributed by atoms with van der Waals surface area (Å²) in [6, 6.07) is 1.72. The Bertz CT molecular complexity index is 434. The molecule has 1 aromatic rings. The number of nitrogens with zero attached hydrogens (tertiary/aromatic N) is 1. The van der Waals surface area contributed by atoms with Crippen LogP contribution in [0.2, 0.25) is 0 Å². The number of nitrogens with one attached hydrogen (secondary N) is 1. The summed E-state index contributed by atoms with van der Waals surface area (Å²) in [5.41, 5.74) is 1.02. The maximum atomic E-state index is 10.9. The Kier molecular flexibility index (Phi) is 4.27. The van der Waals surface area contributed by atoms with Gasteiger partial charge < -0.3 is 19.7 Å². The summed E-state index contributed by atoms with van der Waals surface area (Å²) in [4.78, 5) is 13.3. The molecule has 1 saturated heterocycles. The fraction of sp³-hybridized carbons (Fsp3) is 0.643. The van der Waals surface area contributed by atoms with E-state index in [-0.39, 0.29) is 5.76 Å². The predicted molar refractivity (Wildman–Crippen MR) is 72.2 cm³/mol. The van der Waals surface area contributed by atoms with Crippen molar-refractivity contribution in [3.63, 3.8) is 0 Å². The molecule has 0 amide bonds. The summed E-state index contributed by atoms with van der Waals surface area (Å²) >= 11 is 0. The molecule has 0 atom stereocenters. The van der Waals surface area contributed by atoms with Crippen LogP contribution in [0.4, 0.5) is 0 Å². The minimum absolute atomic E-state index is 0.0426. The molecular formula is C14H22N2O3. The molecular weight excluding hydrogens is 244 g/mol. The monoisotopic (exact) mass is 266 g/mol. The van der Waals surface area contributed by atoms with Crippen LogP contribution in [0.3, 0.4) is 0 Å². The summed E-state index contributed by atoms with van der Waals surface area (Å²) in [6.45, 7) is 6.00. The normalized spacial score (nSPS) is 19.5. The molecule has 5 heteroatoms. The first-order chi connectivity index (χ1) is 9.00. The molecule has 0 aliphatic carbocycles. The average molecular weight is 266 g/mol. The van der Waals surface area contributed by atoms with Gasteiger partial charge in [0.25, 0.3) is 0 Å². The van der Waals surface area contributed by atoms with E-state index in [9.17, 15) is 4.79 Å². The Morgan fingerprint density at radius 1 is 1.53 bits per heavy atom. The van der Waals surface area contributed by atoms with E-state index in [1.54, 1.807) is 6.07 Å². The molecule has 0 radical (unpaired) electrons. The first-order valence-electron chi connectivity index (χ1n) is 6.69.